The Kier molecular flexibility index (Phi) is 6.97. The molecule has 3 aromatic carbocycles. The van der Waals surface area contributed by atoms with Gasteiger partial charge in [0, 0.05) is 0 Å². The number of hydrogen-bond acceptors (Lipinski definition) is 8. The van der Waals surface area contributed by atoms with Crippen molar-refractivity contribution in [2.24, 2.45) is 5.10 Å². The molecule has 9 nitrogen and oxygen atoms in total. The van der Waals surface area contributed by atoms with Gasteiger partial charge in [-0.05, 0) is 76.9 Å². The molecule has 0 bridgehead atoms. The van der Waals surface area contributed by atoms with Gasteiger partial charge in [0.2, 0.25) is 5.82 Å². The van der Waals surface area contributed by atoms with E-state index in [1.165, 1.54) is 18.0 Å². The lowest BCUT2D eigenvalue weighted by Gasteiger charge is -2.14. The maximum Gasteiger partial charge on any atom is 0.346 e. The van der Waals surface area contributed by atoms with Crippen molar-refractivity contribution >= 4 is 50.0 Å². The third kappa shape index (κ3) is 4.78. The second-order valence-electron chi connectivity index (χ2n) is 8.27. The fourth-order valence-electron chi connectivity index (χ4n) is 3.93. The van der Waals surface area contributed by atoms with Gasteiger partial charge in [-0.3, -0.25) is 4.79 Å². The Bertz CT molecular complexity index is 1760. The first-order chi connectivity index (χ1) is 18.4. The monoisotopic (exact) mass is 575 g/mol. The van der Waals surface area contributed by atoms with E-state index in [0.29, 0.717) is 43.8 Å². The topological polar surface area (TPSA) is 105 Å². The summed E-state index contributed by atoms with van der Waals surface area (Å²) in [6, 6.07) is 19.5. The van der Waals surface area contributed by atoms with Gasteiger partial charge in [-0.1, -0.05) is 18.2 Å². The number of nitrogens with zero attached hydrogens (tertiary/aromatic N) is 3. The minimum Gasteiger partial charge on any atom is -0.496 e. The van der Waals surface area contributed by atoms with Gasteiger partial charge in [-0.25, -0.2) is 9.78 Å². The average Bonchev–Trinajstić information content (AvgIpc) is 3.37. The van der Waals surface area contributed by atoms with Crippen LogP contribution in [0.1, 0.15) is 12.5 Å². The number of hydrogen-bond donors (Lipinski definition) is 0. The van der Waals surface area contributed by atoms with Gasteiger partial charge in [0.25, 0.3) is 5.56 Å². The summed E-state index contributed by atoms with van der Waals surface area (Å²) in [5, 5.41) is 5.65. The smallest absolute Gasteiger partial charge is 0.346 e. The number of fused-ring (bicyclic) bond motifs is 2. The van der Waals surface area contributed by atoms with Gasteiger partial charge in [-0.15, -0.1) is 0 Å². The van der Waals surface area contributed by atoms with E-state index in [9.17, 15) is 9.59 Å². The average molecular weight is 576 g/mol. The summed E-state index contributed by atoms with van der Waals surface area (Å²) in [5.41, 5.74) is 1.45. The van der Waals surface area contributed by atoms with Gasteiger partial charge in [-0.2, -0.15) is 9.78 Å². The summed E-state index contributed by atoms with van der Waals surface area (Å²) in [5.74, 6) is 1.23. The van der Waals surface area contributed by atoms with Crippen LogP contribution in [-0.4, -0.2) is 42.2 Å². The molecule has 5 aromatic rings. The lowest BCUT2D eigenvalue weighted by atomic mass is 10.2. The normalized spacial score (nSPS) is 12.2. The summed E-state index contributed by atoms with van der Waals surface area (Å²) >= 11 is 3.46. The molecule has 192 valence electrons. The van der Waals surface area contributed by atoms with Crippen molar-refractivity contribution in [2.45, 2.75) is 13.0 Å². The zero-order valence-electron chi connectivity index (χ0n) is 20.7. The number of benzene rings is 3. The first kappa shape index (κ1) is 25.2. The van der Waals surface area contributed by atoms with Crippen molar-refractivity contribution in [1.82, 2.24) is 9.66 Å². The van der Waals surface area contributed by atoms with Crippen molar-refractivity contribution in [1.29, 1.82) is 0 Å². The number of furan rings is 1. The summed E-state index contributed by atoms with van der Waals surface area (Å²) in [6.07, 6.45) is 0.756. The molecule has 0 spiro atoms. The van der Waals surface area contributed by atoms with Crippen molar-refractivity contribution < 1.29 is 23.4 Å². The number of carbonyl (C=O) groups is 1. The summed E-state index contributed by atoms with van der Waals surface area (Å²) in [4.78, 5) is 29.9. The van der Waals surface area contributed by atoms with E-state index in [4.69, 9.17) is 23.6 Å². The number of ether oxygens (including phenoxy) is 3. The Morgan fingerprint density at radius 1 is 1.05 bits per heavy atom. The van der Waals surface area contributed by atoms with Gasteiger partial charge in [0.1, 0.15) is 17.1 Å². The summed E-state index contributed by atoms with van der Waals surface area (Å²) in [7, 11) is 2.89. The standard InChI is InChI=1S/C28H22BrN3O6/c1-16(28(34)36-3)37-24-12-11-17(13-20(24)29)15-30-32-26(31-21-8-5-4-7-18(21)27(32)33)25-14-19-22(35-2)9-6-10-23(19)38-25/h4-16H,1-3H3/t16-/m0/s1. The minimum atomic E-state index is -0.775. The molecular weight excluding hydrogens is 554 g/mol. The van der Waals surface area contributed by atoms with Crippen molar-refractivity contribution in [3.8, 4) is 23.1 Å². The molecule has 10 heteroatoms. The highest BCUT2D eigenvalue weighted by Crippen LogP contribution is 2.33. The van der Waals surface area contributed by atoms with Crippen LogP contribution >= 0.6 is 15.9 Å². The second-order valence-corrected chi connectivity index (χ2v) is 9.12. The highest BCUT2D eigenvalue weighted by Gasteiger charge is 2.19. The van der Waals surface area contributed by atoms with Crippen LogP contribution in [0.2, 0.25) is 0 Å². The Morgan fingerprint density at radius 2 is 1.87 bits per heavy atom. The highest BCUT2D eigenvalue weighted by molar-refractivity contribution is 9.10. The predicted molar refractivity (Wildman–Crippen MR) is 147 cm³/mol. The molecule has 0 N–H and O–H groups in total. The molecule has 0 fully saturated rings. The quantitative estimate of drug-likeness (QED) is 0.189. The second kappa shape index (κ2) is 10.5. The molecule has 0 saturated heterocycles. The Labute approximate surface area is 225 Å². The van der Waals surface area contributed by atoms with Crippen LogP contribution in [0.5, 0.6) is 11.5 Å². The molecule has 0 unspecified atom stereocenters. The molecule has 0 radical (unpaired) electrons. The van der Waals surface area contributed by atoms with Crippen LogP contribution in [0.3, 0.4) is 0 Å². The van der Waals surface area contributed by atoms with Crippen LogP contribution in [0.4, 0.5) is 0 Å². The van der Waals surface area contributed by atoms with Crippen molar-refractivity contribution in [2.75, 3.05) is 14.2 Å². The van der Waals surface area contributed by atoms with E-state index >= 15 is 0 Å². The molecule has 2 heterocycles. The Hall–Kier alpha value is -4.44. The van der Waals surface area contributed by atoms with E-state index < -0.39 is 12.1 Å². The van der Waals surface area contributed by atoms with Gasteiger partial charge in [0.15, 0.2) is 11.9 Å². The third-order valence-electron chi connectivity index (χ3n) is 5.83. The number of methoxy groups -OCH3 is 2. The molecule has 2 aromatic heterocycles. The van der Waals surface area contributed by atoms with Gasteiger partial charge < -0.3 is 18.6 Å². The predicted octanol–water partition coefficient (Wildman–Crippen LogP) is 5.40. The Balaban J connectivity index is 1.58. The minimum absolute atomic E-state index is 0.245. The van der Waals surface area contributed by atoms with Crippen LogP contribution in [-0.2, 0) is 9.53 Å². The van der Waals surface area contributed by atoms with Gasteiger partial charge in [0.05, 0.1) is 41.2 Å². The van der Waals surface area contributed by atoms with Crippen LogP contribution < -0.4 is 15.0 Å². The first-order valence-electron chi connectivity index (χ1n) is 11.6. The number of esters is 1. The zero-order valence-corrected chi connectivity index (χ0v) is 22.3. The Morgan fingerprint density at radius 3 is 2.63 bits per heavy atom. The fraction of sp³-hybridized carbons (Fsp3) is 0.143. The van der Waals surface area contributed by atoms with E-state index in [1.807, 2.05) is 24.3 Å². The van der Waals surface area contributed by atoms with E-state index in [1.54, 1.807) is 56.5 Å². The molecule has 5 rings (SSSR count). The van der Waals surface area contributed by atoms with Gasteiger partial charge >= 0.3 is 5.97 Å². The van der Waals surface area contributed by atoms with Crippen molar-refractivity contribution in [3.05, 3.63) is 87.1 Å². The fourth-order valence-corrected chi connectivity index (χ4v) is 4.42. The summed E-state index contributed by atoms with van der Waals surface area (Å²) in [6.45, 7) is 1.60. The first-order valence-corrected chi connectivity index (χ1v) is 12.4. The number of carbonyl (C=O) groups excluding carboxylic acids is 1. The summed E-state index contributed by atoms with van der Waals surface area (Å²) < 4.78 is 23.7. The molecule has 0 saturated carbocycles. The molecule has 0 aliphatic heterocycles. The largest absolute Gasteiger partial charge is 0.496 e. The zero-order chi connectivity index (χ0) is 26.8. The number of aromatic nitrogens is 2. The lowest BCUT2D eigenvalue weighted by molar-refractivity contribution is -0.147. The molecule has 0 aliphatic carbocycles. The molecule has 38 heavy (non-hydrogen) atoms. The molecular formula is C28H22BrN3O6. The lowest BCUT2D eigenvalue weighted by Crippen LogP contribution is -2.25. The van der Waals surface area contributed by atoms with Crippen LogP contribution in [0.15, 0.2) is 85.5 Å². The van der Waals surface area contributed by atoms with E-state index in [-0.39, 0.29) is 11.4 Å². The van der Waals surface area contributed by atoms with E-state index in [0.717, 1.165) is 5.39 Å². The number of halogens is 1. The number of para-hydroxylation sites is 1. The van der Waals surface area contributed by atoms with Crippen molar-refractivity contribution in [3.63, 3.8) is 0 Å². The maximum absolute atomic E-state index is 13.5. The van der Waals surface area contributed by atoms with Crippen LogP contribution in [0.25, 0.3) is 33.5 Å². The number of rotatable bonds is 7. The molecule has 1 atom stereocenters. The molecule has 0 aliphatic rings. The van der Waals surface area contributed by atoms with Crippen LogP contribution in [0, 0.1) is 0 Å². The van der Waals surface area contributed by atoms with E-state index in [2.05, 4.69) is 21.0 Å². The highest BCUT2D eigenvalue weighted by atomic mass is 79.9. The third-order valence-corrected chi connectivity index (χ3v) is 6.45. The maximum atomic E-state index is 13.5. The SMILES string of the molecule is COC(=O)[C@H](C)Oc1ccc(C=Nn2c(-c3cc4c(OC)cccc4o3)nc3ccccc3c2=O)cc1Br. The molecule has 0 amide bonds.